The van der Waals surface area contributed by atoms with E-state index >= 15 is 0 Å². The number of nitrogens with two attached hydrogens (primary N) is 1. The van der Waals surface area contributed by atoms with Crippen LogP contribution in [0, 0.1) is 11.7 Å². The van der Waals surface area contributed by atoms with E-state index in [1.165, 1.54) is 6.07 Å². The molecule has 0 heterocycles. The Hall–Kier alpha value is -1.14. The molecule has 0 spiro atoms. The monoisotopic (exact) mass is 274 g/mol. The van der Waals surface area contributed by atoms with Crippen LogP contribution in [-0.4, -0.2) is 15.0 Å². The lowest BCUT2D eigenvalue weighted by molar-refractivity contribution is 0.478. The van der Waals surface area contributed by atoms with Crippen LogP contribution in [0.15, 0.2) is 23.1 Å². The molecule has 0 saturated carbocycles. The van der Waals surface area contributed by atoms with Gasteiger partial charge >= 0.3 is 0 Å². The van der Waals surface area contributed by atoms with E-state index in [1.807, 2.05) is 13.8 Å². The van der Waals surface area contributed by atoms with E-state index in [9.17, 15) is 12.8 Å². The highest BCUT2D eigenvalue weighted by Gasteiger charge is 2.17. The average Bonchev–Trinajstić information content (AvgIpc) is 2.29. The molecule has 0 aliphatic carbocycles. The van der Waals surface area contributed by atoms with Crippen molar-refractivity contribution in [3.05, 3.63) is 24.0 Å². The second-order valence-electron chi connectivity index (χ2n) is 4.25. The van der Waals surface area contributed by atoms with Crippen molar-refractivity contribution in [2.24, 2.45) is 5.92 Å². The third-order valence-corrected chi connectivity index (χ3v) is 4.32. The van der Waals surface area contributed by atoms with Crippen LogP contribution in [0.5, 0.6) is 0 Å². The first-order valence-electron chi connectivity index (χ1n) is 5.94. The van der Waals surface area contributed by atoms with Crippen LogP contribution in [0.3, 0.4) is 0 Å². The molecule has 0 radical (unpaired) electrons. The smallest absolute Gasteiger partial charge is 0.240 e. The highest BCUT2D eigenvalue weighted by Crippen LogP contribution is 2.16. The van der Waals surface area contributed by atoms with Crippen LogP contribution in [0.1, 0.15) is 26.7 Å². The van der Waals surface area contributed by atoms with Gasteiger partial charge < -0.3 is 5.73 Å². The molecule has 0 bridgehead atoms. The van der Waals surface area contributed by atoms with Crippen molar-refractivity contribution in [3.63, 3.8) is 0 Å². The zero-order chi connectivity index (χ0) is 13.8. The van der Waals surface area contributed by atoms with Gasteiger partial charge in [-0.25, -0.2) is 17.5 Å². The van der Waals surface area contributed by atoms with Gasteiger partial charge in [-0.1, -0.05) is 26.7 Å². The summed E-state index contributed by atoms with van der Waals surface area (Å²) in [6.45, 7) is 4.36. The molecule has 1 rings (SSSR count). The Kier molecular flexibility index (Phi) is 5.10. The van der Waals surface area contributed by atoms with E-state index in [0.29, 0.717) is 6.54 Å². The SMILES string of the molecule is CCC(CC)CNS(=O)(=O)c1cc(N)cc(F)c1. The predicted octanol–water partition coefficient (Wildman–Crippen LogP) is 2.12. The zero-order valence-corrected chi connectivity index (χ0v) is 11.4. The van der Waals surface area contributed by atoms with E-state index in [4.69, 9.17) is 5.73 Å². The van der Waals surface area contributed by atoms with Gasteiger partial charge in [0.05, 0.1) is 4.90 Å². The molecule has 3 N–H and O–H groups in total. The van der Waals surface area contributed by atoms with Gasteiger partial charge in [-0.15, -0.1) is 0 Å². The van der Waals surface area contributed by atoms with E-state index in [2.05, 4.69) is 4.72 Å². The molecular formula is C12H19FN2O2S. The minimum Gasteiger partial charge on any atom is -0.399 e. The second kappa shape index (κ2) is 6.15. The minimum absolute atomic E-state index is 0.0953. The molecule has 0 aromatic heterocycles. The van der Waals surface area contributed by atoms with Gasteiger partial charge in [0, 0.05) is 12.2 Å². The van der Waals surface area contributed by atoms with Crippen LogP contribution in [0.25, 0.3) is 0 Å². The number of anilines is 1. The Bertz CT molecular complexity index is 479. The molecule has 6 heteroatoms. The maximum absolute atomic E-state index is 13.1. The Morgan fingerprint density at radius 1 is 1.28 bits per heavy atom. The summed E-state index contributed by atoms with van der Waals surface area (Å²) in [4.78, 5) is -0.133. The van der Waals surface area contributed by atoms with Gasteiger partial charge in [0.25, 0.3) is 0 Å². The summed E-state index contributed by atoms with van der Waals surface area (Å²) in [5, 5.41) is 0. The standard InChI is InChI=1S/C12H19FN2O2S/c1-3-9(4-2)8-15-18(16,17)12-6-10(13)5-11(14)7-12/h5-7,9,15H,3-4,8,14H2,1-2H3. The summed E-state index contributed by atoms with van der Waals surface area (Å²) in [5.41, 5.74) is 5.53. The van der Waals surface area contributed by atoms with Crippen molar-refractivity contribution in [2.75, 3.05) is 12.3 Å². The van der Waals surface area contributed by atoms with Crippen molar-refractivity contribution in [1.29, 1.82) is 0 Å². The highest BCUT2D eigenvalue weighted by molar-refractivity contribution is 7.89. The van der Waals surface area contributed by atoms with Crippen LogP contribution in [0.2, 0.25) is 0 Å². The Morgan fingerprint density at radius 2 is 1.89 bits per heavy atom. The number of nitrogen functional groups attached to an aromatic ring is 1. The largest absolute Gasteiger partial charge is 0.399 e. The second-order valence-corrected chi connectivity index (χ2v) is 6.02. The molecule has 0 fully saturated rings. The number of hydrogen-bond acceptors (Lipinski definition) is 3. The number of hydrogen-bond donors (Lipinski definition) is 2. The lowest BCUT2D eigenvalue weighted by Gasteiger charge is -2.13. The topological polar surface area (TPSA) is 72.2 Å². The first-order chi connectivity index (χ1) is 8.39. The Balaban J connectivity index is 2.86. The van der Waals surface area contributed by atoms with Crippen LogP contribution in [0.4, 0.5) is 10.1 Å². The Labute approximate surface area is 107 Å². The molecule has 0 amide bonds. The van der Waals surface area contributed by atoms with Crippen molar-refractivity contribution in [1.82, 2.24) is 4.72 Å². The van der Waals surface area contributed by atoms with Crippen LogP contribution < -0.4 is 10.5 Å². The van der Waals surface area contributed by atoms with E-state index in [-0.39, 0.29) is 16.5 Å². The highest BCUT2D eigenvalue weighted by atomic mass is 32.2. The molecule has 102 valence electrons. The first kappa shape index (κ1) is 14.9. The number of nitrogens with one attached hydrogen (secondary N) is 1. The lowest BCUT2D eigenvalue weighted by Crippen LogP contribution is -2.29. The summed E-state index contributed by atoms with van der Waals surface area (Å²) in [5.74, 6) is -0.372. The molecule has 18 heavy (non-hydrogen) atoms. The maximum atomic E-state index is 13.1. The third-order valence-electron chi connectivity index (χ3n) is 2.92. The van der Waals surface area contributed by atoms with Gasteiger partial charge in [-0.05, 0) is 24.1 Å². The van der Waals surface area contributed by atoms with Crippen LogP contribution >= 0.6 is 0 Å². The molecule has 0 saturated heterocycles. The normalized spacial score (nSPS) is 12.0. The fourth-order valence-corrected chi connectivity index (χ4v) is 2.81. The fraction of sp³-hybridized carbons (Fsp3) is 0.500. The lowest BCUT2D eigenvalue weighted by atomic mass is 10.0. The van der Waals surface area contributed by atoms with Gasteiger partial charge in [0.15, 0.2) is 0 Å². The summed E-state index contributed by atoms with van der Waals surface area (Å²) in [6.07, 6.45) is 1.79. The van der Waals surface area contributed by atoms with Crippen molar-refractivity contribution in [3.8, 4) is 0 Å². The van der Waals surface area contributed by atoms with Gasteiger partial charge in [0.2, 0.25) is 10.0 Å². The van der Waals surface area contributed by atoms with Gasteiger partial charge in [0.1, 0.15) is 5.82 Å². The molecule has 0 unspecified atom stereocenters. The minimum atomic E-state index is -3.69. The molecule has 0 atom stereocenters. The number of benzene rings is 1. The fourth-order valence-electron chi connectivity index (χ4n) is 1.63. The summed E-state index contributed by atoms with van der Waals surface area (Å²) in [7, 11) is -3.69. The summed E-state index contributed by atoms with van der Waals surface area (Å²) in [6, 6.07) is 3.30. The number of halogens is 1. The van der Waals surface area contributed by atoms with Gasteiger partial charge in [-0.3, -0.25) is 0 Å². The van der Waals surface area contributed by atoms with Crippen LogP contribution in [-0.2, 0) is 10.0 Å². The molecular weight excluding hydrogens is 255 g/mol. The average molecular weight is 274 g/mol. The van der Waals surface area contributed by atoms with Crippen molar-refractivity contribution >= 4 is 15.7 Å². The third kappa shape index (κ3) is 3.96. The van der Waals surface area contributed by atoms with E-state index in [1.54, 1.807) is 0 Å². The summed E-state index contributed by atoms with van der Waals surface area (Å²) < 4.78 is 39.5. The molecule has 0 aliphatic heterocycles. The van der Waals surface area contributed by atoms with Crippen molar-refractivity contribution < 1.29 is 12.8 Å². The number of sulfonamides is 1. The van der Waals surface area contributed by atoms with Crippen molar-refractivity contribution in [2.45, 2.75) is 31.6 Å². The first-order valence-corrected chi connectivity index (χ1v) is 7.43. The maximum Gasteiger partial charge on any atom is 0.240 e. The van der Waals surface area contributed by atoms with Gasteiger partial charge in [-0.2, -0.15) is 0 Å². The Morgan fingerprint density at radius 3 is 2.39 bits per heavy atom. The van der Waals surface area contributed by atoms with E-state index < -0.39 is 15.8 Å². The zero-order valence-electron chi connectivity index (χ0n) is 10.6. The predicted molar refractivity (Wildman–Crippen MR) is 70.1 cm³/mol. The molecule has 1 aromatic carbocycles. The number of rotatable bonds is 6. The molecule has 4 nitrogen and oxygen atoms in total. The molecule has 1 aromatic rings. The molecule has 0 aliphatic rings. The summed E-state index contributed by atoms with van der Waals surface area (Å²) >= 11 is 0. The quantitative estimate of drug-likeness (QED) is 0.780. The van der Waals surface area contributed by atoms with E-state index in [0.717, 1.165) is 25.0 Å².